The van der Waals surface area contributed by atoms with Gasteiger partial charge in [-0.3, -0.25) is 4.79 Å². The molecule has 7 heteroatoms. The number of rotatable bonds is 8. The van der Waals surface area contributed by atoms with Crippen molar-refractivity contribution < 1.29 is 23.7 Å². The molecule has 1 saturated carbocycles. The summed E-state index contributed by atoms with van der Waals surface area (Å²) >= 11 is 0. The maximum atomic E-state index is 12.5. The molecule has 180 valence electrons. The quantitative estimate of drug-likeness (QED) is 0.544. The zero-order chi connectivity index (χ0) is 24.0. The molecule has 0 atom stereocenters. The normalized spacial score (nSPS) is 14.8. The van der Waals surface area contributed by atoms with Gasteiger partial charge in [0, 0.05) is 36.9 Å². The molecule has 0 radical (unpaired) electrons. The first kappa shape index (κ1) is 24.8. The van der Waals surface area contributed by atoms with Crippen molar-refractivity contribution >= 4 is 5.97 Å². The number of fused-ring (bicyclic) bond motifs is 3. The van der Waals surface area contributed by atoms with Crippen LogP contribution in [0.2, 0.25) is 0 Å². The van der Waals surface area contributed by atoms with Gasteiger partial charge in [-0.1, -0.05) is 20.3 Å². The Morgan fingerprint density at radius 1 is 1.06 bits per heavy atom. The fourth-order valence-corrected chi connectivity index (χ4v) is 3.96. The summed E-state index contributed by atoms with van der Waals surface area (Å²) in [7, 11) is 3.32. The number of carbonyl (C=O) groups excluding carboxylic acids is 1. The fraction of sp³-hybridized carbons (Fsp3) is 0.538. The van der Waals surface area contributed by atoms with E-state index in [0.717, 1.165) is 36.1 Å². The van der Waals surface area contributed by atoms with Crippen LogP contribution in [0.25, 0.3) is 11.3 Å². The Labute approximate surface area is 195 Å². The molecule has 0 saturated heterocycles. The Kier molecular flexibility index (Phi) is 8.19. The first-order chi connectivity index (χ1) is 15.9. The SMILES string of the molecule is CCC.CCOC(=O)c1cn2c(cc1=O)-c1cc(OC)c(OCC3(COC)CC3)cc1CC2. The lowest BCUT2D eigenvalue weighted by molar-refractivity contribution is 0.0524. The van der Waals surface area contributed by atoms with Crippen LogP contribution in [0, 0.1) is 5.41 Å². The molecule has 2 heterocycles. The molecule has 2 aromatic rings. The topological polar surface area (TPSA) is 76.0 Å². The van der Waals surface area contributed by atoms with Crippen molar-refractivity contribution in [3.63, 3.8) is 0 Å². The third-order valence-corrected chi connectivity index (χ3v) is 5.85. The molecule has 33 heavy (non-hydrogen) atoms. The van der Waals surface area contributed by atoms with Crippen molar-refractivity contribution in [3.05, 3.63) is 45.7 Å². The number of carbonyl (C=O) groups is 1. The molecule has 4 rings (SSSR count). The Morgan fingerprint density at radius 3 is 2.39 bits per heavy atom. The van der Waals surface area contributed by atoms with E-state index in [1.54, 1.807) is 27.3 Å². The largest absolute Gasteiger partial charge is 0.493 e. The molecule has 7 nitrogen and oxygen atoms in total. The van der Waals surface area contributed by atoms with Crippen LogP contribution < -0.4 is 14.9 Å². The van der Waals surface area contributed by atoms with Crippen molar-refractivity contribution in [2.24, 2.45) is 5.41 Å². The number of aromatic nitrogens is 1. The molecule has 1 aromatic heterocycles. The first-order valence-corrected chi connectivity index (χ1v) is 11.7. The lowest BCUT2D eigenvalue weighted by Gasteiger charge is -2.25. The van der Waals surface area contributed by atoms with Gasteiger partial charge in [-0.2, -0.15) is 0 Å². The number of methoxy groups -OCH3 is 2. The van der Waals surface area contributed by atoms with Crippen LogP contribution in [0.4, 0.5) is 0 Å². The highest BCUT2D eigenvalue weighted by molar-refractivity contribution is 5.89. The van der Waals surface area contributed by atoms with Crippen LogP contribution in [-0.2, 0) is 22.4 Å². The highest BCUT2D eigenvalue weighted by Gasteiger charge is 2.43. The third kappa shape index (κ3) is 5.58. The number of aryl methyl sites for hydroxylation is 2. The molecule has 0 spiro atoms. The van der Waals surface area contributed by atoms with Gasteiger partial charge >= 0.3 is 5.97 Å². The minimum absolute atomic E-state index is 0.0591. The predicted molar refractivity (Wildman–Crippen MR) is 127 cm³/mol. The summed E-state index contributed by atoms with van der Waals surface area (Å²) in [5.74, 6) is 0.741. The second kappa shape index (κ2) is 10.9. The number of ether oxygens (including phenoxy) is 4. The Morgan fingerprint density at radius 2 is 1.79 bits per heavy atom. The predicted octanol–water partition coefficient (Wildman–Crippen LogP) is 4.48. The summed E-state index contributed by atoms with van der Waals surface area (Å²) in [6.07, 6.45) is 5.81. The Balaban J connectivity index is 0.000000968. The summed E-state index contributed by atoms with van der Waals surface area (Å²) in [5, 5.41) is 0. The average Bonchev–Trinajstić information content (AvgIpc) is 3.57. The van der Waals surface area contributed by atoms with Crippen molar-refractivity contribution in [2.75, 3.05) is 34.0 Å². The van der Waals surface area contributed by atoms with Gasteiger partial charge in [-0.05, 0) is 43.9 Å². The van der Waals surface area contributed by atoms with E-state index in [0.29, 0.717) is 31.3 Å². The summed E-state index contributed by atoms with van der Waals surface area (Å²) in [6.45, 7) is 8.15. The highest BCUT2D eigenvalue weighted by atomic mass is 16.5. The van der Waals surface area contributed by atoms with Gasteiger partial charge in [-0.15, -0.1) is 0 Å². The van der Waals surface area contributed by atoms with E-state index in [1.807, 2.05) is 16.7 Å². The third-order valence-electron chi connectivity index (χ3n) is 5.85. The van der Waals surface area contributed by atoms with Crippen LogP contribution in [0.15, 0.2) is 29.2 Å². The number of benzene rings is 1. The van der Waals surface area contributed by atoms with Crippen LogP contribution >= 0.6 is 0 Å². The van der Waals surface area contributed by atoms with Gasteiger partial charge in [0.1, 0.15) is 5.56 Å². The minimum Gasteiger partial charge on any atom is -0.493 e. The minimum atomic E-state index is -0.588. The van der Waals surface area contributed by atoms with Gasteiger partial charge < -0.3 is 23.5 Å². The van der Waals surface area contributed by atoms with Gasteiger partial charge in [-0.25, -0.2) is 4.79 Å². The molecule has 0 unspecified atom stereocenters. The van der Waals surface area contributed by atoms with Crippen molar-refractivity contribution in [1.82, 2.24) is 4.57 Å². The van der Waals surface area contributed by atoms with Gasteiger partial charge in [0.25, 0.3) is 0 Å². The number of hydrogen-bond acceptors (Lipinski definition) is 6. The van der Waals surface area contributed by atoms with E-state index in [1.165, 1.54) is 12.5 Å². The molecule has 1 aliphatic carbocycles. The number of nitrogens with zero attached hydrogens (tertiary/aromatic N) is 1. The Hall–Kier alpha value is -2.80. The second-order valence-corrected chi connectivity index (χ2v) is 8.69. The van der Waals surface area contributed by atoms with Crippen LogP contribution in [0.3, 0.4) is 0 Å². The maximum Gasteiger partial charge on any atom is 0.343 e. The smallest absolute Gasteiger partial charge is 0.343 e. The molecule has 0 bridgehead atoms. The standard InChI is InChI=1S/C23H27NO6.C3H8/c1-4-29-22(26)17-12-24-8-5-15-9-21(30-14-23(6-7-23)13-27-2)20(28-3)10-16(15)18(24)11-19(17)25;1-3-2/h9-12H,4-8,13-14H2,1-3H3;3H2,1-2H3. The van der Waals surface area contributed by atoms with E-state index < -0.39 is 5.97 Å². The molecular formula is C26H35NO6. The summed E-state index contributed by atoms with van der Waals surface area (Å²) in [5.41, 5.74) is 2.59. The maximum absolute atomic E-state index is 12.5. The molecule has 0 N–H and O–H groups in total. The summed E-state index contributed by atoms with van der Waals surface area (Å²) in [6, 6.07) is 5.42. The van der Waals surface area contributed by atoms with E-state index in [4.69, 9.17) is 18.9 Å². The molecule has 1 fully saturated rings. The van der Waals surface area contributed by atoms with Crippen molar-refractivity contribution in [2.45, 2.75) is 53.0 Å². The first-order valence-electron chi connectivity index (χ1n) is 11.7. The van der Waals surface area contributed by atoms with E-state index >= 15 is 0 Å². The van der Waals surface area contributed by atoms with Gasteiger partial charge in [0.05, 0.1) is 32.6 Å². The molecule has 0 amide bonds. The highest BCUT2D eigenvalue weighted by Crippen LogP contribution is 2.47. The van der Waals surface area contributed by atoms with E-state index in [-0.39, 0.29) is 23.0 Å². The van der Waals surface area contributed by atoms with Crippen LogP contribution in [0.1, 0.15) is 56.0 Å². The monoisotopic (exact) mass is 457 g/mol. The van der Waals surface area contributed by atoms with E-state index in [2.05, 4.69) is 13.8 Å². The summed E-state index contributed by atoms with van der Waals surface area (Å²) < 4.78 is 24.0. The molecule has 2 aliphatic rings. The van der Waals surface area contributed by atoms with Crippen molar-refractivity contribution in [3.8, 4) is 22.8 Å². The number of esters is 1. The number of hydrogen-bond donors (Lipinski definition) is 0. The lowest BCUT2D eigenvalue weighted by atomic mass is 9.96. The fourth-order valence-electron chi connectivity index (χ4n) is 3.96. The van der Waals surface area contributed by atoms with E-state index in [9.17, 15) is 9.59 Å². The zero-order valence-corrected chi connectivity index (χ0v) is 20.4. The lowest BCUT2D eigenvalue weighted by Crippen LogP contribution is -2.23. The molecular weight excluding hydrogens is 422 g/mol. The van der Waals surface area contributed by atoms with Crippen LogP contribution in [0.5, 0.6) is 11.5 Å². The van der Waals surface area contributed by atoms with Gasteiger partial charge in [0.15, 0.2) is 16.9 Å². The molecule has 1 aliphatic heterocycles. The Bertz CT molecular complexity index is 1040. The zero-order valence-electron chi connectivity index (χ0n) is 20.4. The van der Waals surface area contributed by atoms with Gasteiger partial charge in [0.2, 0.25) is 0 Å². The molecule has 1 aromatic carbocycles. The number of pyridine rings is 1. The summed E-state index contributed by atoms with van der Waals surface area (Å²) in [4.78, 5) is 24.6. The van der Waals surface area contributed by atoms with Crippen molar-refractivity contribution in [1.29, 1.82) is 0 Å². The second-order valence-electron chi connectivity index (χ2n) is 8.69. The van der Waals surface area contributed by atoms with Crippen LogP contribution in [-0.4, -0.2) is 44.6 Å². The average molecular weight is 458 g/mol.